The number of anilines is 1. The number of hydrogen-bond acceptors (Lipinski definition) is 3. The van der Waals surface area contributed by atoms with Crippen LogP contribution in [0, 0.1) is 6.92 Å². The van der Waals surface area contributed by atoms with Crippen LogP contribution in [0.25, 0.3) is 0 Å². The quantitative estimate of drug-likeness (QED) is 0.883. The van der Waals surface area contributed by atoms with Crippen molar-refractivity contribution in [1.29, 1.82) is 0 Å². The van der Waals surface area contributed by atoms with E-state index in [2.05, 4.69) is 17.6 Å². The van der Waals surface area contributed by atoms with Gasteiger partial charge in [-0.1, -0.05) is 0 Å². The van der Waals surface area contributed by atoms with E-state index in [4.69, 9.17) is 0 Å². The number of carbonyl (C=O) groups is 2. The van der Waals surface area contributed by atoms with Crippen molar-refractivity contribution in [3.05, 3.63) is 29.3 Å². The van der Waals surface area contributed by atoms with E-state index in [1.165, 1.54) is 6.42 Å². The number of carbonyl (C=O) groups excluding carboxylic acids is 2. The van der Waals surface area contributed by atoms with Gasteiger partial charge in [-0.3, -0.25) is 9.59 Å². The summed E-state index contributed by atoms with van der Waals surface area (Å²) < 4.78 is 0. The summed E-state index contributed by atoms with van der Waals surface area (Å²) in [6.45, 7) is 5.91. The van der Waals surface area contributed by atoms with Crippen molar-refractivity contribution in [2.45, 2.75) is 64.5 Å². The van der Waals surface area contributed by atoms with Crippen molar-refractivity contribution in [3.63, 3.8) is 0 Å². The molecule has 0 radical (unpaired) electrons. The summed E-state index contributed by atoms with van der Waals surface area (Å²) in [5.41, 5.74) is 2.44. The second kappa shape index (κ2) is 8.00. The van der Waals surface area contributed by atoms with Gasteiger partial charge in [-0.2, -0.15) is 0 Å². The molecular formula is C20H29N3O2. The molecule has 0 spiro atoms. The number of amides is 2. The zero-order valence-corrected chi connectivity index (χ0v) is 15.3. The predicted octanol–water partition coefficient (Wildman–Crippen LogP) is 3.09. The van der Waals surface area contributed by atoms with Crippen molar-refractivity contribution >= 4 is 17.5 Å². The third-order valence-electron chi connectivity index (χ3n) is 5.41. The predicted molar refractivity (Wildman–Crippen MR) is 99.8 cm³/mol. The van der Waals surface area contributed by atoms with Gasteiger partial charge >= 0.3 is 0 Å². The van der Waals surface area contributed by atoms with Crippen molar-refractivity contribution in [2.75, 3.05) is 18.4 Å². The van der Waals surface area contributed by atoms with E-state index in [-0.39, 0.29) is 11.8 Å². The number of aryl methyl sites for hydroxylation is 1. The van der Waals surface area contributed by atoms with E-state index in [0.717, 1.165) is 50.0 Å². The number of piperidine rings is 1. The lowest BCUT2D eigenvalue weighted by atomic mass is 10.0. The molecular weight excluding hydrogens is 314 g/mol. The van der Waals surface area contributed by atoms with Gasteiger partial charge in [-0.05, 0) is 76.3 Å². The first-order chi connectivity index (χ1) is 12.0. The van der Waals surface area contributed by atoms with E-state index < -0.39 is 0 Å². The number of rotatable bonds is 4. The third-order valence-corrected chi connectivity index (χ3v) is 5.41. The Morgan fingerprint density at radius 3 is 2.76 bits per heavy atom. The van der Waals surface area contributed by atoms with Crippen LogP contribution in [-0.4, -0.2) is 41.9 Å². The average Bonchev–Trinajstić information content (AvgIpc) is 3.09. The molecule has 0 aliphatic carbocycles. The molecule has 136 valence electrons. The molecule has 1 aromatic carbocycles. The average molecular weight is 343 g/mol. The fraction of sp³-hybridized carbons (Fsp3) is 0.600. The molecule has 1 aromatic rings. The second-order valence-corrected chi connectivity index (χ2v) is 7.42. The molecule has 2 saturated heterocycles. The minimum Gasteiger partial charge on any atom is -0.336 e. The maximum Gasteiger partial charge on any atom is 0.254 e. The molecule has 2 N–H and O–H groups in total. The molecule has 5 nitrogen and oxygen atoms in total. The largest absolute Gasteiger partial charge is 0.336 e. The van der Waals surface area contributed by atoms with Crippen LogP contribution in [-0.2, 0) is 4.79 Å². The molecule has 2 aliphatic rings. The summed E-state index contributed by atoms with van der Waals surface area (Å²) in [5, 5.41) is 6.33. The van der Waals surface area contributed by atoms with Crippen LogP contribution in [0.4, 0.5) is 5.69 Å². The first-order valence-electron chi connectivity index (χ1n) is 9.49. The Morgan fingerprint density at radius 2 is 2.08 bits per heavy atom. The molecule has 0 bridgehead atoms. The Kier molecular flexibility index (Phi) is 5.74. The molecule has 5 heteroatoms. The highest BCUT2D eigenvalue weighted by Crippen LogP contribution is 2.22. The van der Waals surface area contributed by atoms with Crippen LogP contribution < -0.4 is 10.6 Å². The summed E-state index contributed by atoms with van der Waals surface area (Å²) in [6.07, 6.45) is 6.07. The molecule has 0 saturated carbocycles. The second-order valence-electron chi connectivity index (χ2n) is 7.42. The van der Waals surface area contributed by atoms with Gasteiger partial charge in [0.05, 0.1) is 0 Å². The van der Waals surface area contributed by atoms with Gasteiger partial charge < -0.3 is 15.5 Å². The normalized spacial score (nSPS) is 23.5. The van der Waals surface area contributed by atoms with Gasteiger partial charge in [0.15, 0.2) is 0 Å². The van der Waals surface area contributed by atoms with Gasteiger partial charge in [0, 0.05) is 36.3 Å². The Labute approximate surface area is 150 Å². The van der Waals surface area contributed by atoms with Crippen LogP contribution >= 0.6 is 0 Å². The zero-order valence-electron chi connectivity index (χ0n) is 15.3. The van der Waals surface area contributed by atoms with Crippen LogP contribution in [0.1, 0.15) is 61.4 Å². The molecule has 2 heterocycles. The van der Waals surface area contributed by atoms with Crippen molar-refractivity contribution in [3.8, 4) is 0 Å². The lowest BCUT2D eigenvalue weighted by Gasteiger charge is -2.33. The minimum atomic E-state index is 0.0335. The van der Waals surface area contributed by atoms with Crippen molar-refractivity contribution in [2.24, 2.45) is 0 Å². The summed E-state index contributed by atoms with van der Waals surface area (Å²) >= 11 is 0. The highest BCUT2D eigenvalue weighted by Gasteiger charge is 2.24. The number of hydrogen-bond donors (Lipinski definition) is 2. The maximum absolute atomic E-state index is 12.8. The van der Waals surface area contributed by atoms with E-state index in [1.54, 1.807) is 0 Å². The highest BCUT2D eigenvalue weighted by atomic mass is 16.2. The lowest BCUT2D eigenvalue weighted by Crippen LogP contribution is -2.42. The maximum atomic E-state index is 12.8. The number of likely N-dealkylation sites (tertiary alicyclic amines) is 1. The SMILES string of the molecule is Cc1cc(C(=O)N2CCCCC2C)ccc1NC(=O)CC1CCCN1. The minimum absolute atomic E-state index is 0.0335. The van der Waals surface area contributed by atoms with E-state index in [0.29, 0.717) is 24.1 Å². The summed E-state index contributed by atoms with van der Waals surface area (Å²) in [7, 11) is 0. The van der Waals surface area contributed by atoms with Crippen LogP contribution in [0.3, 0.4) is 0 Å². The fourth-order valence-electron chi connectivity index (χ4n) is 3.86. The number of nitrogens with one attached hydrogen (secondary N) is 2. The summed E-state index contributed by atoms with van der Waals surface area (Å²) in [5.74, 6) is 0.134. The van der Waals surface area contributed by atoms with Gasteiger partial charge in [0.25, 0.3) is 5.91 Å². The van der Waals surface area contributed by atoms with Gasteiger partial charge in [0.2, 0.25) is 5.91 Å². The topological polar surface area (TPSA) is 61.4 Å². The Balaban J connectivity index is 1.63. The Hall–Kier alpha value is -1.88. The van der Waals surface area contributed by atoms with Gasteiger partial charge in [0.1, 0.15) is 0 Å². The molecule has 3 rings (SSSR count). The molecule has 2 fully saturated rings. The molecule has 2 amide bonds. The first kappa shape index (κ1) is 17.9. The first-order valence-corrected chi connectivity index (χ1v) is 9.49. The van der Waals surface area contributed by atoms with E-state index in [1.807, 2.05) is 30.0 Å². The highest BCUT2D eigenvalue weighted by molar-refractivity contribution is 5.96. The summed E-state index contributed by atoms with van der Waals surface area (Å²) in [6, 6.07) is 6.19. The Bertz CT molecular complexity index is 638. The molecule has 2 aliphatic heterocycles. The standard InChI is InChI=1S/C20H29N3O2/c1-14-12-16(20(25)23-11-4-3-6-15(23)2)8-9-18(14)22-19(24)13-17-7-5-10-21-17/h8-9,12,15,17,21H,3-7,10-11,13H2,1-2H3,(H,22,24). The molecule has 2 unspecified atom stereocenters. The van der Waals surface area contributed by atoms with E-state index >= 15 is 0 Å². The molecule has 2 atom stereocenters. The fourth-order valence-corrected chi connectivity index (χ4v) is 3.86. The smallest absolute Gasteiger partial charge is 0.254 e. The number of benzene rings is 1. The van der Waals surface area contributed by atoms with Crippen LogP contribution in [0.2, 0.25) is 0 Å². The van der Waals surface area contributed by atoms with Crippen LogP contribution in [0.5, 0.6) is 0 Å². The van der Waals surface area contributed by atoms with Gasteiger partial charge in [-0.15, -0.1) is 0 Å². The van der Waals surface area contributed by atoms with E-state index in [9.17, 15) is 9.59 Å². The summed E-state index contributed by atoms with van der Waals surface area (Å²) in [4.78, 5) is 26.9. The lowest BCUT2D eigenvalue weighted by molar-refractivity contribution is -0.116. The van der Waals surface area contributed by atoms with Crippen molar-refractivity contribution < 1.29 is 9.59 Å². The molecule has 25 heavy (non-hydrogen) atoms. The number of nitrogens with zero attached hydrogens (tertiary/aromatic N) is 1. The Morgan fingerprint density at radius 1 is 1.24 bits per heavy atom. The van der Waals surface area contributed by atoms with Gasteiger partial charge in [-0.25, -0.2) is 0 Å². The monoisotopic (exact) mass is 343 g/mol. The zero-order chi connectivity index (χ0) is 17.8. The third kappa shape index (κ3) is 4.40. The van der Waals surface area contributed by atoms with Crippen molar-refractivity contribution in [1.82, 2.24) is 10.2 Å². The molecule has 0 aromatic heterocycles. The van der Waals surface area contributed by atoms with Crippen LogP contribution in [0.15, 0.2) is 18.2 Å².